The topological polar surface area (TPSA) is 66.4 Å². The smallest absolute Gasteiger partial charge is 0.249 e. The fraction of sp³-hybridized carbons (Fsp3) is 0.143. The first-order valence-corrected chi connectivity index (χ1v) is 9.54. The number of hydrogen-bond acceptors (Lipinski definition) is 5. The fourth-order valence-corrected chi connectivity index (χ4v) is 3.03. The SMILES string of the molecule is CN(c1ccccc1)N(Cc1ccc(Cl)c(Cl)c1)C(=O)CC(=O)c1ncccn1. The van der Waals surface area contributed by atoms with Gasteiger partial charge < -0.3 is 0 Å². The van der Waals surface area contributed by atoms with Gasteiger partial charge in [-0.3, -0.25) is 14.6 Å². The molecular formula is C21H18Cl2N4O2. The molecule has 0 saturated heterocycles. The van der Waals surface area contributed by atoms with Crippen molar-refractivity contribution in [3.8, 4) is 0 Å². The Kier molecular flexibility index (Phi) is 6.80. The molecule has 0 aliphatic rings. The number of halogens is 2. The summed E-state index contributed by atoms with van der Waals surface area (Å²) in [6, 6.07) is 16.1. The fourth-order valence-electron chi connectivity index (χ4n) is 2.71. The van der Waals surface area contributed by atoms with Gasteiger partial charge in [0.25, 0.3) is 0 Å². The van der Waals surface area contributed by atoms with E-state index in [1.165, 1.54) is 17.4 Å². The molecule has 0 N–H and O–H groups in total. The minimum atomic E-state index is -0.448. The van der Waals surface area contributed by atoms with Gasteiger partial charge in [0.05, 0.1) is 28.7 Å². The van der Waals surface area contributed by atoms with E-state index in [4.69, 9.17) is 23.2 Å². The van der Waals surface area contributed by atoms with Gasteiger partial charge >= 0.3 is 0 Å². The summed E-state index contributed by atoms with van der Waals surface area (Å²) in [5.41, 5.74) is 1.57. The van der Waals surface area contributed by atoms with Gasteiger partial charge in [-0.1, -0.05) is 47.5 Å². The zero-order valence-electron chi connectivity index (χ0n) is 15.6. The van der Waals surface area contributed by atoms with Crippen molar-refractivity contribution in [3.63, 3.8) is 0 Å². The molecule has 0 unspecified atom stereocenters. The molecular weight excluding hydrogens is 411 g/mol. The number of nitrogens with zero attached hydrogens (tertiary/aromatic N) is 4. The molecule has 29 heavy (non-hydrogen) atoms. The summed E-state index contributed by atoms with van der Waals surface area (Å²) in [4.78, 5) is 33.3. The summed E-state index contributed by atoms with van der Waals surface area (Å²) in [5.74, 6) is -0.825. The Morgan fingerprint density at radius 1 is 0.931 bits per heavy atom. The maximum atomic E-state index is 13.0. The summed E-state index contributed by atoms with van der Waals surface area (Å²) < 4.78 is 0. The number of anilines is 1. The number of Topliss-reactive ketones (excluding diaryl/α,β-unsaturated/α-hetero) is 1. The van der Waals surface area contributed by atoms with Crippen molar-refractivity contribution in [3.05, 3.63) is 88.4 Å². The summed E-state index contributed by atoms with van der Waals surface area (Å²) in [6.07, 6.45) is 2.57. The molecule has 0 radical (unpaired) electrons. The molecule has 0 fully saturated rings. The highest BCUT2D eigenvalue weighted by atomic mass is 35.5. The minimum absolute atomic E-state index is 0.0118. The number of rotatable bonds is 7. The van der Waals surface area contributed by atoms with Crippen LogP contribution in [0, 0.1) is 0 Å². The lowest BCUT2D eigenvalue weighted by Crippen LogP contribution is -2.44. The highest BCUT2D eigenvalue weighted by molar-refractivity contribution is 6.42. The van der Waals surface area contributed by atoms with Crippen LogP contribution in [0.3, 0.4) is 0 Å². The van der Waals surface area contributed by atoms with E-state index in [2.05, 4.69) is 9.97 Å². The second-order valence-electron chi connectivity index (χ2n) is 6.23. The van der Waals surface area contributed by atoms with Crippen LogP contribution in [0.5, 0.6) is 0 Å². The first-order chi connectivity index (χ1) is 14.0. The van der Waals surface area contributed by atoms with Crippen molar-refractivity contribution in [1.29, 1.82) is 0 Å². The van der Waals surface area contributed by atoms with Crippen LogP contribution in [0.1, 0.15) is 22.6 Å². The first-order valence-electron chi connectivity index (χ1n) is 8.79. The molecule has 3 aromatic rings. The molecule has 0 bridgehead atoms. The number of carbonyl (C=O) groups excluding carboxylic acids is 2. The Balaban J connectivity index is 1.85. The number of ketones is 1. The van der Waals surface area contributed by atoms with Gasteiger partial charge in [0.15, 0.2) is 5.82 Å². The quantitative estimate of drug-likeness (QED) is 0.316. The lowest BCUT2D eigenvalue weighted by Gasteiger charge is -2.33. The zero-order chi connectivity index (χ0) is 20.8. The average Bonchev–Trinajstić information content (AvgIpc) is 2.75. The van der Waals surface area contributed by atoms with Gasteiger partial charge in [-0.2, -0.15) is 0 Å². The number of aromatic nitrogens is 2. The molecule has 2 aromatic carbocycles. The normalized spacial score (nSPS) is 10.4. The Morgan fingerprint density at radius 2 is 1.62 bits per heavy atom. The standard InChI is InChI=1S/C21H18Cl2N4O2/c1-26(16-6-3-2-4-7-16)27(14-15-8-9-17(22)18(23)12-15)20(29)13-19(28)21-24-10-5-11-25-21/h2-12H,13-14H2,1H3. The second kappa shape index (κ2) is 9.49. The highest BCUT2D eigenvalue weighted by Crippen LogP contribution is 2.24. The molecule has 1 aromatic heterocycles. The molecule has 1 amide bonds. The summed E-state index contributed by atoms with van der Waals surface area (Å²) in [7, 11) is 1.76. The molecule has 0 saturated carbocycles. The monoisotopic (exact) mass is 428 g/mol. The van der Waals surface area contributed by atoms with Gasteiger partial charge in [0.2, 0.25) is 11.7 Å². The van der Waals surface area contributed by atoms with Crippen LogP contribution in [0.15, 0.2) is 67.0 Å². The number of hydrogen-bond donors (Lipinski definition) is 0. The van der Waals surface area contributed by atoms with Crippen LogP contribution >= 0.6 is 23.2 Å². The Hall–Kier alpha value is -2.96. The lowest BCUT2D eigenvalue weighted by atomic mass is 10.2. The Bertz CT molecular complexity index is 1000. The summed E-state index contributed by atoms with van der Waals surface area (Å²) in [6.45, 7) is 0.212. The third kappa shape index (κ3) is 5.31. The van der Waals surface area contributed by atoms with Crippen molar-refractivity contribution >= 4 is 40.6 Å². The number of amides is 1. The zero-order valence-corrected chi connectivity index (χ0v) is 17.1. The maximum absolute atomic E-state index is 13.0. The van der Waals surface area contributed by atoms with E-state index in [-0.39, 0.29) is 24.7 Å². The van der Waals surface area contributed by atoms with E-state index in [0.29, 0.717) is 10.0 Å². The Labute approximate surface area is 178 Å². The van der Waals surface area contributed by atoms with Crippen LogP contribution in [0.4, 0.5) is 5.69 Å². The number of carbonyl (C=O) groups is 2. The minimum Gasteiger partial charge on any atom is -0.290 e. The van der Waals surface area contributed by atoms with E-state index < -0.39 is 5.78 Å². The van der Waals surface area contributed by atoms with Gasteiger partial charge in [0.1, 0.15) is 0 Å². The number of hydrazine groups is 1. The van der Waals surface area contributed by atoms with E-state index in [1.807, 2.05) is 30.3 Å². The molecule has 1 heterocycles. The molecule has 148 valence electrons. The molecule has 0 atom stereocenters. The Morgan fingerprint density at radius 3 is 2.28 bits per heavy atom. The molecule has 8 heteroatoms. The van der Waals surface area contributed by atoms with E-state index in [1.54, 1.807) is 36.3 Å². The van der Waals surface area contributed by atoms with Gasteiger partial charge in [0, 0.05) is 19.4 Å². The number of benzene rings is 2. The van der Waals surface area contributed by atoms with E-state index in [0.717, 1.165) is 11.3 Å². The maximum Gasteiger partial charge on any atom is 0.249 e. The third-order valence-corrected chi connectivity index (χ3v) is 4.96. The van der Waals surface area contributed by atoms with Crippen LogP contribution in [-0.2, 0) is 11.3 Å². The summed E-state index contributed by atoms with van der Waals surface area (Å²) >= 11 is 12.1. The van der Waals surface area contributed by atoms with Crippen LogP contribution < -0.4 is 5.01 Å². The molecule has 3 rings (SSSR count). The molecule has 0 aliphatic carbocycles. The summed E-state index contributed by atoms with van der Waals surface area (Å²) in [5, 5.41) is 4.01. The van der Waals surface area contributed by atoms with Crippen LogP contribution in [-0.4, -0.2) is 33.7 Å². The van der Waals surface area contributed by atoms with E-state index in [9.17, 15) is 9.59 Å². The van der Waals surface area contributed by atoms with Crippen molar-refractivity contribution < 1.29 is 9.59 Å². The lowest BCUT2D eigenvalue weighted by molar-refractivity contribution is -0.131. The van der Waals surface area contributed by atoms with E-state index >= 15 is 0 Å². The average molecular weight is 429 g/mol. The van der Waals surface area contributed by atoms with Crippen molar-refractivity contribution in [2.24, 2.45) is 0 Å². The third-order valence-electron chi connectivity index (χ3n) is 4.22. The first kappa shape index (κ1) is 20.8. The molecule has 0 spiro atoms. The largest absolute Gasteiger partial charge is 0.290 e. The van der Waals surface area contributed by atoms with Gasteiger partial charge in [-0.15, -0.1) is 0 Å². The highest BCUT2D eigenvalue weighted by Gasteiger charge is 2.24. The van der Waals surface area contributed by atoms with Gasteiger partial charge in [-0.25, -0.2) is 15.0 Å². The van der Waals surface area contributed by atoms with Gasteiger partial charge in [-0.05, 0) is 35.9 Å². The van der Waals surface area contributed by atoms with Crippen LogP contribution in [0.25, 0.3) is 0 Å². The van der Waals surface area contributed by atoms with Crippen LogP contribution in [0.2, 0.25) is 10.0 Å². The predicted octanol–water partition coefficient (Wildman–Crippen LogP) is 4.44. The predicted molar refractivity (Wildman–Crippen MR) is 113 cm³/mol. The van der Waals surface area contributed by atoms with Crippen molar-refractivity contribution in [2.75, 3.05) is 12.1 Å². The second-order valence-corrected chi connectivity index (χ2v) is 7.05. The van der Waals surface area contributed by atoms with Crippen molar-refractivity contribution in [1.82, 2.24) is 15.0 Å². The number of para-hydroxylation sites is 1. The molecule has 6 nitrogen and oxygen atoms in total. The van der Waals surface area contributed by atoms with Crippen molar-refractivity contribution in [2.45, 2.75) is 13.0 Å². The molecule has 0 aliphatic heterocycles.